The van der Waals surface area contributed by atoms with Crippen molar-refractivity contribution in [1.29, 1.82) is 0 Å². The Bertz CT molecular complexity index is 1270. The third kappa shape index (κ3) is 3.17. The molecule has 6 heteroatoms. The second-order valence-corrected chi connectivity index (χ2v) is 6.78. The van der Waals surface area contributed by atoms with Crippen LogP contribution in [0.5, 0.6) is 0 Å². The molecule has 0 spiro atoms. The van der Waals surface area contributed by atoms with E-state index in [1.165, 1.54) is 12.1 Å². The van der Waals surface area contributed by atoms with Crippen LogP contribution in [-0.4, -0.2) is 5.91 Å². The van der Waals surface area contributed by atoms with Crippen molar-refractivity contribution in [2.45, 2.75) is 26.7 Å². The van der Waals surface area contributed by atoms with Gasteiger partial charge in [-0.1, -0.05) is 12.1 Å². The van der Waals surface area contributed by atoms with Crippen LogP contribution in [0.25, 0.3) is 21.9 Å². The first-order chi connectivity index (χ1) is 13.4. The summed E-state index contributed by atoms with van der Waals surface area (Å²) < 4.78 is 24.6. The summed E-state index contributed by atoms with van der Waals surface area (Å²) in [5, 5.41) is 4.28. The molecular weight excluding hydrogens is 361 g/mol. The predicted molar refractivity (Wildman–Crippen MR) is 105 cm³/mol. The van der Waals surface area contributed by atoms with E-state index in [9.17, 15) is 14.0 Å². The predicted octanol–water partition coefficient (Wildman–Crippen LogP) is 4.87. The van der Waals surface area contributed by atoms with E-state index in [1.54, 1.807) is 24.5 Å². The Hall–Kier alpha value is -3.41. The summed E-state index contributed by atoms with van der Waals surface area (Å²) in [6.45, 7) is 3.78. The van der Waals surface area contributed by atoms with Crippen LogP contribution in [0, 0.1) is 19.7 Å². The molecule has 4 aromatic rings. The Balaban J connectivity index is 1.62. The van der Waals surface area contributed by atoms with E-state index >= 15 is 0 Å². The molecule has 0 atom stereocenters. The molecule has 2 heterocycles. The maximum Gasteiger partial charge on any atom is 0.339 e. The fourth-order valence-corrected chi connectivity index (χ4v) is 3.34. The lowest BCUT2D eigenvalue weighted by Gasteiger charge is -2.09. The van der Waals surface area contributed by atoms with Gasteiger partial charge in [-0.25, -0.2) is 9.18 Å². The van der Waals surface area contributed by atoms with Gasteiger partial charge in [0, 0.05) is 28.8 Å². The highest BCUT2D eigenvalue weighted by atomic mass is 19.1. The van der Waals surface area contributed by atoms with Gasteiger partial charge in [0.15, 0.2) is 0 Å². The third-order valence-electron chi connectivity index (χ3n) is 4.93. The summed E-state index contributed by atoms with van der Waals surface area (Å²) in [4.78, 5) is 24.6. The zero-order valence-corrected chi connectivity index (χ0v) is 15.5. The van der Waals surface area contributed by atoms with Crippen LogP contribution in [-0.2, 0) is 11.2 Å². The fraction of sp³-hybridized carbons (Fsp3) is 0.182. The standard InChI is InChI=1S/C22H18FNO4/c1-12-11-27-19-10-20-16(9-15(12)19)13(2)14(22(26)28-20)7-8-21(25)24-18-6-4-3-5-17(18)23/h3-6,9-11H,7-8H2,1-2H3,(H,24,25). The van der Waals surface area contributed by atoms with Gasteiger partial charge in [0.05, 0.1) is 12.0 Å². The van der Waals surface area contributed by atoms with Crippen molar-refractivity contribution in [2.24, 2.45) is 0 Å². The zero-order valence-electron chi connectivity index (χ0n) is 15.5. The van der Waals surface area contributed by atoms with Gasteiger partial charge in [0.2, 0.25) is 5.91 Å². The molecule has 0 fully saturated rings. The summed E-state index contributed by atoms with van der Waals surface area (Å²) in [6.07, 6.45) is 1.90. The molecular formula is C22H18FNO4. The number of furan rings is 1. The first kappa shape index (κ1) is 18.0. The second-order valence-electron chi connectivity index (χ2n) is 6.78. The number of nitrogens with one attached hydrogen (secondary N) is 1. The van der Waals surface area contributed by atoms with Crippen molar-refractivity contribution in [3.63, 3.8) is 0 Å². The number of anilines is 1. The van der Waals surface area contributed by atoms with Crippen molar-refractivity contribution in [2.75, 3.05) is 5.32 Å². The van der Waals surface area contributed by atoms with Crippen molar-refractivity contribution < 1.29 is 18.0 Å². The number of benzene rings is 2. The average molecular weight is 379 g/mol. The minimum atomic E-state index is -0.503. The molecule has 2 aromatic heterocycles. The molecule has 5 nitrogen and oxygen atoms in total. The minimum Gasteiger partial charge on any atom is -0.464 e. The topological polar surface area (TPSA) is 72.5 Å². The molecule has 1 N–H and O–H groups in total. The van der Waals surface area contributed by atoms with Gasteiger partial charge in [0.25, 0.3) is 0 Å². The van der Waals surface area contributed by atoms with E-state index in [2.05, 4.69) is 5.32 Å². The zero-order chi connectivity index (χ0) is 19.8. The highest BCUT2D eigenvalue weighted by Gasteiger charge is 2.16. The maximum absolute atomic E-state index is 13.7. The Morgan fingerprint density at radius 2 is 1.89 bits per heavy atom. The maximum atomic E-state index is 13.7. The van der Waals surface area contributed by atoms with Gasteiger partial charge in [-0.3, -0.25) is 4.79 Å². The molecule has 2 aromatic carbocycles. The summed E-state index contributed by atoms with van der Waals surface area (Å²) in [5.74, 6) is -0.873. The van der Waals surface area contributed by atoms with Crippen LogP contribution < -0.4 is 10.9 Å². The third-order valence-corrected chi connectivity index (χ3v) is 4.93. The largest absolute Gasteiger partial charge is 0.464 e. The van der Waals surface area contributed by atoms with Crippen LogP contribution in [0.1, 0.15) is 23.1 Å². The Labute approximate surface area is 159 Å². The Morgan fingerprint density at radius 3 is 2.68 bits per heavy atom. The number of para-hydroxylation sites is 1. The second kappa shape index (κ2) is 6.96. The number of rotatable bonds is 4. The molecule has 0 aliphatic carbocycles. The summed E-state index contributed by atoms with van der Waals surface area (Å²) in [6, 6.07) is 9.59. The lowest BCUT2D eigenvalue weighted by atomic mass is 10.0. The molecule has 0 bridgehead atoms. The van der Waals surface area contributed by atoms with Crippen molar-refractivity contribution in [3.05, 3.63) is 75.6 Å². The molecule has 0 aliphatic rings. The Kier molecular flexibility index (Phi) is 4.47. The van der Waals surface area contributed by atoms with Gasteiger partial charge in [0.1, 0.15) is 17.0 Å². The lowest BCUT2D eigenvalue weighted by molar-refractivity contribution is -0.116. The summed E-state index contributed by atoms with van der Waals surface area (Å²) in [7, 11) is 0. The SMILES string of the molecule is Cc1coc2cc3oc(=O)c(CCC(=O)Nc4ccccc4F)c(C)c3cc12. The van der Waals surface area contributed by atoms with Crippen molar-refractivity contribution in [1.82, 2.24) is 0 Å². The number of carbonyl (C=O) groups excluding carboxylic acids is 1. The van der Waals surface area contributed by atoms with Crippen molar-refractivity contribution >= 4 is 33.5 Å². The molecule has 0 aliphatic heterocycles. The average Bonchev–Trinajstić information content (AvgIpc) is 3.02. The minimum absolute atomic E-state index is 0.0401. The smallest absolute Gasteiger partial charge is 0.339 e. The van der Waals surface area contributed by atoms with Gasteiger partial charge in [-0.15, -0.1) is 0 Å². The monoisotopic (exact) mass is 379 g/mol. The summed E-state index contributed by atoms with van der Waals surface area (Å²) in [5.41, 5.74) is 2.95. The van der Waals surface area contributed by atoms with E-state index in [0.29, 0.717) is 16.7 Å². The molecule has 0 radical (unpaired) electrons. The number of amides is 1. The van der Waals surface area contributed by atoms with Crippen LogP contribution in [0.2, 0.25) is 0 Å². The normalized spacial score (nSPS) is 11.2. The van der Waals surface area contributed by atoms with Crippen LogP contribution in [0.3, 0.4) is 0 Å². The number of aryl methyl sites for hydroxylation is 2. The molecule has 1 amide bonds. The quantitative estimate of drug-likeness (QED) is 0.514. The molecule has 0 saturated heterocycles. The van der Waals surface area contributed by atoms with Crippen LogP contribution in [0.4, 0.5) is 10.1 Å². The number of halogens is 1. The molecule has 0 unspecified atom stereocenters. The van der Waals surface area contributed by atoms with E-state index in [0.717, 1.165) is 21.9 Å². The van der Waals surface area contributed by atoms with Crippen molar-refractivity contribution in [3.8, 4) is 0 Å². The van der Waals surface area contributed by atoms with E-state index < -0.39 is 11.4 Å². The van der Waals surface area contributed by atoms with Crippen LogP contribution >= 0.6 is 0 Å². The van der Waals surface area contributed by atoms with E-state index in [1.807, 2.05) is 19.9 Å². The van der Waals surface area contributed by atoms with E-state index in [-0.39, 0.29) is 24.4 Å². The number of hydrogen-bond acceptors (Lipinski definition) is 4. The van der Waals surface area contributed by atoms with Gasteiger partial charge in [-0.2, -0.15) is 0 Å². The lowest BCUT2D eigenvalue weighted by Crippen LogP contribution is -2.17. The fourth-order valence-electron chi connectivity index (χ4n) is 3.34. The van der Waals surface area contributed by atoms with Gasteiger partial charge < -0.3 is 14.2 Å². The molecule has 0 saturated carbocycles. The van der Waals surface area contributed by atoms with E-state index in [4.69, 9.17) is 8.83 Å². The number of hydrogen-bond donors (Lipinski definition) is 1. The van der Waals surface area contributed by atoms with Gasteiger partial charge >= 0.3 is 5.63 Å². The first-order valence-electron chi connectivity index (χ1n) is 8.92. The Morgan fingerprint density at radius 1 is 1.11 bits per heavy atom. The highest BCUT2D eigenvalue weighted by Crippen LogP contribution is 2.29. The van der Waals surface area contributed by atoms with Crippen LogP contribution in [0.15, 0.2) is 56.3 Å². The molecule has 28 heavy (non-hydrogen) atoms. The summed E-state index contributed by atoms with van der Waals surface area (Å²) >= 11 is 0. The highest BCUT2D eigenvalue weighted by molar-refractivity contribution is 5.96. The number of carbonyl (C=O) groups is 1. The van der Waals surface area contributed by atoms with Gasteiger partial charge in [-0.05, 0) is 49.6 Å². The molecule has 4 rings (SSSR count). The number of fused-ring (bicyclic) bond motifs is 2. The first-order valence-corrected chi connectivity index (χ1v) is 8.92. The molecule has 142 valence electrons.